The van der Waals surface area contributed by atoms with Crippen LogP contribution in [0, 0.1) is 0 Å². The van der Waals surface area contributed by atoms with E-state index >= 15 is 0 Å². The van der Waals surface area contributed by atoms with Gasteiger partial charge in [-0.1, -0.05) is 55.3 Å². The quantitative estimate of drug-likeness (QED) is 0.373. The van der Waals surface area contributed by atoms with Crippen LogP contribution in [-0.2, 0) is 6.54 Å². The third kappa shape index (κ3) is 7.41. The highest BCUT2D eigenvalue weighted by Gasteiger charge is 2.16. The van der Waals surface area contributed by atoms with Crippen molar-refractivity contribution in [2.45, 2.75) is 39.7 Å². The lowest BCUT2D eigenvalue weighted by Crippen LogP contribution is -2.34. The number of nitrogens with zero attached hydrogens (tertiary/aromatic N) is 3. The molecule has 0 atom stereocenters. The zero-order valence-corrected chi connectivity index (χ0v) is 19.2. The molecular weight excluding hydrogens is 396 g/mol. The van der Waals surface area contributed by atoms with Gasteiger partial charge in [-0.3, -0.25) is 4.79 Å². The van der Waals surface area contributed by atoms with E-state index in [1.54, 1.807) is 6.20 Å². The summed E-state index contributed by atoms with van der Waals surface area (Å²) in [6, 6.07) is 18.1. The number of benzene rings is 2. The first-order chi connectivity index (χ1) is 15.7. The van der Waals surface area contributed by atoms with Crippen molar-refractivity contribution in [1.29, 1.82) is 0 Å². The highest BCUT2D eigenvalue weighted by atomic mass is 16.2. The van der Waals surface area contributed by atoms with Crippen LogP contribution in [0.5, 0.6) is 0 Å². The number of hydrogen-bond donors (Lipinski definition) is 1. The fourth-order valence-corrected chi connectivity index (χ4v) is 3.62. The number of aromatic nitrogens is 2. The average Bonchev–Trinajstić information content (AvgIpc) is 3.33. The molecule has 5 nitrogen and oxygen atoms in total. The van der Waals surface area contributed by atoms with E-state index in [2.05, 4.69) is 42.4 Å². The molecule has 0 aliphatic heterocycles. The number of carbonyl (C=O) groups is 1. The Morgan fingerprint density at radius 1 is 1.09 bits per heavy atom. The van der Waals surface area contributed by atoms with Gasteiger partial charge in [-0.05, 0) is 49.6 Å². The maximum absolute atomic E-state index is 13.4. The van der Waals surface area contributed by atoms with E-state index < -0.39 is 0 Å². The van der Waals surface area contributed by atoms with Crippen LogP contribution in [0.2, 0.25) is 0 Å². The van der Waals surface area contributed by atoms with E-state index in [4.69, 9.17) is 0 Å². The molecule has 1 aromatic heterocycles. The Morgan fingerprint density at radius 2 is 1.88 bits per heavy atom. The number of nitrogens with one attached hydrogen (secondary N) is 1. The summed E-state index contributed by atoms with van der Waals surface area (Å²) in [6.45, 7) is 7.35. The number of rotatable bonds is 12. The van der Waals surface area contributed by atoms with Crippen molar-refractivity contribution in [2.75, 3.05) is 25.0 Å². The number of carbonyl (C=O) groups excluding carboxylic acids is 1. The second-order valence-corrected chi connectivity index (χ2v) is 8.14. The SMILES string of the molecule is CCCCNc1ccc(C(=O)N(CCCn2ccnc2)CC(C)=Cc2ccccc2)cc1. The minimum atomic E-state index is 0.0663. The first kappa shape index (κ1) is 23.3. The van der Waals surface area contributed by atoms with Gasteiger partial charge in [0.05, 0.1) is 6.33 Å². The van der Waals surface area contributed by atoms with Crippen LogP contribution < -0.4 is 5.32 Å². The third-order valence-electron chi connectivity index (χ3n) is 5.33. The van der Waals surface area contributed by atoms with Crippen LogP contribution in [-0.4, -0.2) is 40.0 Å². The number of unbranched alkanes of at least 4 members (excludes halogenated alkanes) is 1. The van der Waals surface area contributed by atoms with Crippen molar-refractivity contribution in [1.82, 2.24) is 14.5 Å². The van der Waals surface area contributed by atoms with Crippen molar-refractivity contribution < 1.29 is 4.79 Å². The summed E-state index contributed by atoms with van der Waals surface area (Å²) >= 11 is 0. The second-order valence-electron chi connectivity index (χ2n) is 8.14. The lowest BCUT2D eigenvalue weighted by atomic mass is 10.1. The summed E-state index contributed by atoms with van der Waals surface area (Å²) in [5.41, 5.74) is 4.09. The molecule has 1 heterocycles. The topological polar surface area (TPSA) is 50.2 Å². The number of imidazole rings is 1. The lowest BCUT2D eigenvalue weighted by Gasteiger charge is -2.24. The number of aryl methyl sites for hydroxylation is 1. The molecule has 0 saturated heterocycles. The maximum atomic E-state index is 13.4. The Bertz CT molecular complexity index is 963. The molecular formula is C27H34N4O. The molecule has 5 heteroatoms. The molecule has 3 rings (SSSR count). The van der Waals surface area contributed by atoms with E-state index in [-0.39, 0.29) is 5.91 Å². The average molecular weight is 431 g/mol. The molecule has 1 amide bonds. The summed E-state index contributed by atoms with van der Waals surface area (Å²) in [6.07, 6.45) is 10.9. The number of hydrogen-bond acceptors (Lipinski definition) is 3. The van der Waals surface area contributed by atoms with Crippen molar-refractivity contribution in [3.05, 3.63) is 90.0 Å². The summed E-state index contributed by atoms with van der Waals surface area (Å²) in [5, 5.41) is 3.41. The molecule has 0 aliphatic carbocycles. The predicted molar refractivity (Wildman–Crippen MR) is 133 cm³/mol. The Balaban J connectivity index is 1.68. The van der Waals surface area contributed by atoms with Crippen LogP contribution in [0.4, 0.5) is 5.69 Å². The standard InChI is InChI=1S/C27H34N4O/c1-3-4-15-29-26-13-11-25(12-14-26)27(32)31(18-8-17-30-19-16-28-22-30)21-23(2)20-24-9-6-5-7-10-24/h5-7,9-14,16,19-20,22,29H,3-4,8,15,17-18,21H2,1-2H3. The summed E-state index contributed by atoms with van der Waals surface area (Å²) in [5.74, 6) is 0.0663. The van der Waals surface area contributed by atoms with Gasteiger partial charge < -0.3 is 14.8 Å². The first-order valence-electron chi connectivity index (χ1n) is 11.5. The Hall–Kier alpha value is -3.34. The molecule has 2 aromatic carbocycles. The Labute approximate surface area is 191 Å². The Kier molecular flexibility index (Phi) is 9.11. The largest absolute Gasteiger partial charge is 0.385 e. The molecule has 3 aromatic rings. The molecule has 0 fully saturated rings. The van der Waals surface area contributed by atoms with E-state index in [9.17, 15) is 4.79 Å². The van der Waals surface area contributed by atoms with Crippen molar-refractivity contribution in [3.8, 4) is 0 Å². The zero-order valence-electron chi connectivity index (χ0n) is 19.2. The molecule has 0 unspecified atom stereocenters. The third-order valence-corrected chi connectivity index (χ3v) is 5.33. The van der Waals surface area contributed by atoms with Crippen LogP contribution in [0.25, 0.3) is 6.08 Å². The Morgan fingerprint density at radius 3 is 2.56 bits per heavy atom. The van der Waals surface area contributed by atoms with Gasteiger partial charge in [0, 0.05) is 49.8 Å². The van der Waals surface area contributed by atoms with Crippen molar-refractivity contribution in [2.24, 2.45) is 0 Å². The predicted octanol–water partition coefficient (Wildman–Crippen LogP) is 5.73. The van der Waals surface area contributed by atoms with E-state index in [0.717, 1.165) is 54.7 Å². The highest BCUT2D eigenvalue weighted by molar-refractivity contribution is 5.94. The number of amides is 1. The van der Waals surface area contributed by atoms with Crippen LogP contribution in [0.3, 0.4) is 0 Å². The molecule has 168 valence electrons. The van der Waals surface area contributed by atoms with Gasteiger partial charge in [-0.25, -0.2) is 4.98 Å². The lowest BCUT2D eigenvalue weighted by molar-refractivity contribution is 0.0766. The van der Waals surface area contributed by atoms with Crippen LogP contribution in [0.15, 0.2) is 78.9 Å². The van der Waals surface area contributed by atoms with Gasteiger partial charge in [0.1, 0.15) is 0 Å². The smallest absolute Gasteiger partial charge is 0.254 e. The highest BCUT2D eigenvalue weighted by Crippen LogP contribution is 2.15. The fraction of sp³-hybridized carbons (Fsp3) is 0.333. The molecule has 0 spiro atoms. The zero-order chi connectivity index (χ0) is 22.6. The van der Waals surface area contributed by atoms with Gasteiger partial charge in [0.25, 0.3) is 5.91 Å². The van der Waals surface area contributed by atoms with Crippen LogP contribution in [0.1, 0.15) is 49.0 Å². The van der Waals surface area contributed by atoms with Gasteiger partial charge in [0.2, 0.25) is 0 Å². The monoisotopic (exact) mass is 430 g/mol. The van der Waals surface area contributed by atoms with Gasteiger partial charge in [-0.15, -0.1) is 0 Å². The van der Waals surface area contributed by atoms with Gasteiger partial charge in [-0.2, -0.15) is 0 Å². The van der Waals surface area contributed by atoms with Crippen molar-refractivity contribution in [3.63, 3.8) is 0 Å². The van der Waals surface area contributed by atoms with E-state index in [1.807, 2.05) is 64.5 Å². The van der Waals surface area contributed by atoms with E-state index in [0.29, 0.717) is 13.1 Å². The fourth-order valence-electron chi connectivity index (χ4n) is 3.62. The summed E-state index contributed by atoms with van der Waals surface area (Å²) in [7, 11) is 0. The minimum absolute atomic E-state index is 0.0663. The molecule has 32 heavy (non-hydrogen) atoms. The molecule has 1 N–H and O–H groups in total. The number of anilines is 1. The summed E-state index contributed by atoms with van der Waals surface area (Å²) in [4.78, 5) is 19.4. The second kappa shape index (κ2) is 12.5. The minimum Gasteiger partial charge on any atom is -0.385 e. The van der Waals surface area contributed by atoms with Crippen LogP contribution >= 0.6 is 0 Å². The van der Waals surface area contributed by atoms with Crippen molar-refractivity contribution >= 4 is 17.7 Å². The van der Waals surface area contributed by atoms with Gasteiger partial charge in [0.15, 0.2) is 0 Å². The first-order valence-corrected chi connectivity index (χ1v) is 11.5. The molecule has 0 saturated carbocycles. The van der Waals surface area contributed by atoms with Gasteiger partial charge >= 0.3 is 0 Å². The normalized spacial score (nSPS) is 11.4. The molecule has 0 bridgehead atoms. The maximum Gasteiger partial charge on any atom is 0.254 e. The van der Waals surface area contributed by atoms with E-state index in [1.165, 1.54) is 0 Å². The molecule has 0 aliphatic rings. The molecule has 0 radical (unpaired) electrons. The summed E-state index contributed by atoms with van der Waals surface area (Å²) < 4.78 is 2.05.